The first-order chi connectivity index (χ1) is 16.7. The molecular weight excluding hydrogens is 468 g/mol. The molecule has 35 heavy (non-hydrogen) atoms. The molecule has 3 aromatic heterocycles. The molecular formula is C24H32N6O4S. The van der Waals surface area contributed by atoms with Gasteiger partial charge in [-0.15, -0.1) is 10.2 Å². The lowest BCUT2D eigenvalue weighted by molar-refractivity contribution is 0.00140. The van der Waals surface area contributed by atoms with Gasteiger partial charge in [-0.2, -0.15) is 0 Å². The third kappa shape index (κ3) is 5.41. The van der Waals surface area contributed by atoms with Gasteiger partial charge in [0.05, 0.1) is 23.5 Å². The Morgan fingerprint density at radius 1 is 1.09 bits per heavy atom. The number of ether oxygens (including phenoxy) is 2. The predicted octanol–water partition coefficient (Wildman–Crippen LogP) is 3.04. The lowest BCUT2D eigenvalue weighted by Gasteiger charge is -2.26. The number of sulfone groups is 1. The summed E-state index contributed by atoms with van der Waals surface area (Å²) in [5.74, 6) is 0.938. The summed E-state index contributed by atoms with van der Waals surface area (Å²) in [6.45, 7) is 7.66. The maximum atomic E-state index is 13.7. The number of aromatic nitrogens is 6. The number of methoxy groups -OCH3 is 1. The smallest absolute Gasteiger partial charge is 0.183 e. The second kappa shape index (κ2) is 10.1. The molecule has 3 aromatic rings. The average Bonchev–Trinajstić information content (AvgIpc) is 3.48. The van der Waals surface area contributed by atoms with E-state index >= 15 is 0 Å². The molecule has 4 rings (SSSR count). The van der Waals surface area contributed by atoms with Crippen molar-refractivity contribution in [1.29, 1.82) is 0 Å². The molecule has 10 nitrogen and oxygen atoms in total. The van der Waals surface area contributed by atoms with Crippen LogP contribution in [0.1, 0.15) is 56.9 Å². The lowest BCUT2D eigenvalue weighted by atomic mass is 10.2. The van der Waals surface area contributed by atoms with Gasteiger partial charge in [0.25, 0.3) is 0 Å². The number of aryl methyl sites for hydroxylation is 1. The van der Waals surface area contributed by atoms with E-state index in [4.69, 9.17) is 9.47 Å². The average molecular weight is 501 g/mol. The predicted molar refractivity (Wildman–Crippen MR) is 130 cm³/mol. The number of hydrogen-bond donors (Lipinski definition) is 0. The van der Waals surface area contributed by atoms with Gasteiger partial charge in [0.2, 0.25) is 0 Å². The molecule has 0 bridgehead atoms. The molecule has 0 aliphatic heterocycles. The minimum atomic E-state index is -3.74. The van der Waals surface area contributed by atoms with Gasteiger partial charge in [0, 0.05) is 25.7 Å². The summed E-state index contributed by atoms with van der Waals surface area (Å²) in [4.78, 5) is 13.1. The van der Waals surface area contributed by atoms with Gasteiger partial charge in [0.15, 0.2) is 21.5 Å². The third-order valence-corrected chi connectivity index (χ3v) is 8.18. The molecule has 0 N–H and O–H groups in total. The Kier molecular flexibility index (Phi) is 7.30. The molecule has 1 aliphatic rings. The van der Waals surface area contributed by atoms with E-state index in [-0.39, 0.29) is 17.4 Å². The zero-order valence-electron chi connectivity index (χ0n) is 20.7. The molecule has 0 aromatic carbocycles. The fourth-order valence-electron chi connectivity index (χ4n) is 4.14. The van der Waals surface area contributed by atoms with E-state index in [2.05, 4.69) is 25.1 Å². The Hall–Kier alpha value is -2.76. The lowest BCUT2D eigenvalue weighted by Crippen LogP contribution is -2.33. The van der Waals surface area contributed by atoms with E-state index in [1.165, 1.54) is 0 Å². The standard InChI is InChI=1S/C24H32N6O4S/c1-16(2)34-21(22-26-12-17(3)13-27-22)18(4)35(31,32)14-20-28-29-23(19-8-6-7-11-25-19)30(20)24(9-10-24)15-33-5/h6-8,11-13,16,18,21H,9-10,14-15H2,1-5H3/t18-,21+/m0/s1. The first-order valence-electron chi connectivity index (χ1n) is 11.7. The third-order valence-electron chi connectivity index (χ3n) is 6.14. The van der Waals surface area contributed by atoms with Crippen LogP contribution in [0.3, 0.4) is 0 Å². The van der Waals surface area contributed by atoms with Crippen LogP contribution in [0.5, 0.6) is 0 Å². The monoisotopic (exact) mass is 500 g/mol. The van der Waals surface area contributed by atoms with Crippen LogP contribution >= 0.6 is 0 Å². The molecule has 0 radical (unpaired) electrons. The SMILES string of the molecule is COCC1(n2c(CS(=O)(=O)[C@@H](C)[C@@H](OC(C)C)c3ncc(C)cn3)nnc2-c2ccccn2)CC1. The Bertz CT molecular complexity index is 1240. The van der Waals surface area contributed by atoms with E-state index in [1.54, 1.807) is 32.6 Å². The van der Waals surface area contributed by atoms with Gasteiger partial charge in [-0.1, -0.05) is 6.07 Å². The summed E-state index contributed by atoms with van der Waals surface area (Å²) in [6.07, 6.45) is 5.67. The highest BCUT2D eigenvalue weighted by molar-refractivity contribution is 7.91. The van der Waals surface area contributed by atoms with Crippen LogP contribution in [-0.4, -0.2) is 63.2 Å². The van der Waals surface area contributed by atoms with Gasteiger partial charge < -0.3 is 14.0 Å². The minimum Gasteiger partial charge on any atom is -0.382 e. The summed E-state index contributed by atoms with van der Waals surface area (Å²) in [6, 6.07) is 5.53. The van der Waals surface area contributed by atoms with Crippen molar-refractivity contribution in [3.05, 3.63) is 54.0 Å². The van der Waals surface area contributed by atoms with E-state index in [9.17, 15) is 8.42 Å². The largest absolute Gasteiger partial charge is 0.382 e. The van der Waals surface area contributed by atoms with Crippen LogP contribution in [0, 0.1) is 6.92 Å². The zero-order valence-corrected chi connectivity index (χ0v) is 21.6. The van der Waals surface area contributed by atoms with E-state index < -0.39 is 21.2 Å². The van der Waals surface area contributed by atoms with Gasteiger partial charge in [-0.3, -0.25) is 4.98 Å². The minimum absolute atomic E-state index is 0.210. The second-order valence-electron chi connectivity index (χ2n) is 9.38. The summed E-state index contributed by atoms with van der Waals surface area (Å²) in [5, 5.41) is 7.76. The fourth-order valence-corrected chi connectivity index (χ4v) is 5.51. The summed E-state index contributed by atoms with van der Waals surface area (Å²) < 4.78 is 40.8. The second-order valence-corrected chi connectivity index (χ2v) is 11.7. The van der Waals surface area contributed by atoms with Crippen LogP contribution < -0.4 is 0 Å². The van der Waals surface area contributed by atoms with E-state index in [0.29, 0.717) is 29.8 Å². The van der Waals surface area contributed by atoms with Gasteiger partial charge in [-0.25, -0.2) is 18.4 Å². The Morgan fingerprint density at radius 3 is 2.37 bits per heavy atom. The van der Waals surface area contributed by atoms with Gasteiger partial charge in [0.1, 0.15) is 23.4 Å². The number of nitrogens with zero attached hydrogens (tertiary/aromatic N) is 6. The highest BCUT2D eigenvalue weighted by Gasteiger charge is 2.49. The van der Waals surface area contributed by atoms with Crippen LogP contribution in [-0.2, 0) is 30.6 Å². The van der Waals surface area contributed by atoms with Crippen LogP contribution in [0.25, 0.3) is 11.5 Å². The normalized spacial score (nSPS) is 16.9. The van der Waals surface area contributed by atoms with Crippen molar-refractivity contribution < 1.29 is 17.9 Å². The maximum Gasteiger partial charge on any atom is 0.183 e. The maximum absolute atomic E-state index is 13.7. The Labute approximate surface area is 206 Å². The molecule has 1 saturated carbocycles. The Balaban J connectivity index is 1.70. The summed E-state index contributed by atoms with van der Waals surface area (Å²) in [5.41, 5.74) is 1.14. The van der Waals surface area contributed by atoms with Gasteiger partial charge in [-0.05, 0) is 58.2 Å². The molecule has 1 fully saturated rings. The van der Waals surface area contributed by atoms with Crippen molar-refractivity contribution in [2.75, 3.05) is 13.7 Å². The molecule has 0 amide bonds. The van der Waals surface area contributed by atoms with Gasteiger partial charge >= 0.3 is 0 Å². The van der Waals surface area contributed by atoms with Crippen molar-refractivity contribution in [3.8, 4) is 11.5 Å². The van der Waals surface area contributed by atoms with E-state index in [1.807, 2.05) is 43.5 Å². The van der Waals surface area contributed by atoms with Crippen LogP contribution in [0.15, 0.2) is 36.8 Å². The molecule has 0 saturated heterocycles. The molecule has 2 atom stereocenters. The van der Waals surface area contributed by atoms with Crippen molar-refractivity contribution in [3.63, 3.8) is 0 Å². The first-order valence-corrected chi connectivity index (χ1v) is 13.4. The van der Waals surface area contributed by atoms with Crippen molar-refractivity contribution in [2.24, 2.45) is 0 Å². The summed E-state index contributed by atoms with van der Waals surface area (Å²) >= 11 is 0. The molecule has 1 aliphatic carbocycles. The van der Waals surface area contributed by atoms with Crippen molar-refractivity contribution in [1.82, 2.24) is 29.7 Å². The number of rotatable bonds is 11. The van der Waals surface area contributed by atoms with Crippen molar-refractivity contribution in [2.45, 2.75) is 69.3 Å². The topological polar surface area (TPSA) is 122 Å². The highest BCUT2D eigenvalue weighted by Crippen LogP contribution is 2.46. The zero-order chi connectivity index (χ0) is 25.2. The van der Waals surface area contributed by atoms with Crippen LogP contribution in [0.4, 0.5) is 0 Å². The summed E-state index contributed by atoms with van der Waals surface area (Å²) in [7, 11) is -2.11. The first kappa shape index (κ1) is 25.3. The van der Waals surface area contributed by atoms with Crippen molar-refractivity contribution >= 4 is 9.84 Å². The van der Waals surface area contributed by atoms with E-state index in [0.717, 1.165) is 18.4 Å². The van der Waals surface area contributed by atoms with Crippen LogP contribution in [0.2, 0.25) is 0 Å². The molecule has 3 heterocycles. The molecule has 188 valence electrons. The molecule has 11 heteroatoms. The number of pyridine rings is 1. The Morgan fingerprint density at radius 2 is 1.80 bits per heavy atom. The highest BCUT2D eigenvalue weighted by atomic mass is 32.2. The fraction of sp³-hybridized carbons (Fsp3) is 0.542. The molecule has 0 spiro atoms. The molecule has 0 unspecified atom stereocenters. The quantitative estimate of drug-likeness (QED) is 0.391. The number of hydrogen-bond acceptors (Lipinski definition) is 9.